The van der Waals surface area contributed by atoms with Crippen molar-refractivity contribution in [1.82, 2.24) is 4.90 Å². The number of ether oxygens (including phenoxy) is 2. The molecule has 2 aromatic rings. The summed E-state index contributed by atoms with van der Waals surface area (Å²) in [6, 6.07) is 12.6. The number of hydrogen-bond donors (Lipinski definition) is 1. The van der Waals surface area contributed by atoms with Crippen molar-refractivity contribution in [3.05, 3.63) is 47.5 Å². The maximum absolute atomic E-state index is 12.6. The van der Waals surface area contributed by atoms with Crippen LogP contribution >= 0.6 is 0 Å². The zero-order valence-electron chi connectivity index (χ0n) is 21.6. The van der Waals surface area contributed by atoms with Crippen LogP contribution in [0, 0.1) is 12.8 Å². The number of nitrogens with one attached hydrogen (secondary N) is 1. The van der Waals surface area contributed by atoms with E-state index in [4.69, 9.17) is 9.47 Å². The Bertz CT molecular complexity index is 1080. The van der Waals surface area contributed by atoms with Crippen molar-refractivity contribution < 1.29 is 14.3 Å². The van der Waals surface area contributed by atoms with Crippen LogP contribution in [-0.2, 0) is 6.42 Å². The summed E-state index contributed by atoms with van der Waals surface area (Å²) >= 11 is 0. The Morgan fingerprint density at radius 1 is 1.17 bits per heavy atom. The highest BCUT2D eigenvalue weighted by Gasteiger charge is 2.29. The third-order valence-electron chi connectivity index (χ3n) is 7.91. The van der Waals surface area contributed by atoms with Crippen molar-refractivity contribution in [2.45, 2.75) is 71.4 Å². The maximum Gasteiger partial charge on any atom is 0.417 e. The number of likely N-dealkylation sites (tertiary alicyclic amines) is 1. The van der Waals surface area contributed by atoms with Gasteiger partial charge in [0, 0.05) is 37.1 Å². The number of nitrogens with zero attached hydrogens (tertiary/aromatic N) is 2. The van der Waals surface area contributed by atoms with Crippen molar-refractivity contribution >= 4 is 17.5 Å². The molecule has 6 heteroatoms. The lowest BCUT2D eigenvalue weighted by Crippen LogP contribution is -2.33. The number of rotatable bonds is 5. The Kier molecular flexibility index (Phi) is 6.67. The fourth-order valence-electron chi connectivity index (χ4n) is 5.74. The van der Waals surface area contributed by atoms with Gasteiger partial charge < -0.3 is 19.3 Å². The second-order valence-electron chi connectivity index (χ2n) is 11.2. The van der Waals surface area contributed by atoms with Gasteiger partial charge >= 0.3 is 6.09 Å². The summed E-state index contributed by atoms with van der Waals surface area (Å²) in [4.78, 5) is 17.7. The van der Waals surface area contributed by atoms with Crippen LogP contribution in [0.4, 0.5) is 16.2 Å². The van der Waals surface area contributed by atoms with Crippen molar-refractivity contribution in [3.8, 4) is 11.5 Å². The summed E-state index contributed by atoms with van der Waals surface area (Å²) in [7, 11) is 0. The molecule has 3 aliphatic heterocycles. The maximum atomic E-state index is 12.6. The number of anilines is 2. The quantitative estimate of drug-likeness (QED) is 0.571. The van der Waals surface area contributed by atoms with Crippen molar-refractivity contribution in [3.63, 3.8) is 0 Å². The van der Waals surface area contributed by atoms with E-state index in [1.165, 1.54) is 38.0 Å². The third-order valence-corrected chi connectivity index (χ3v) is 7.91. The van der Waals surface area contributed by atoms with Crippen molar-refractivity contribution in [2.24, 2.45) is 5.92 Å². The molecule has 2 aromatic carbocycles. The van der Waals surface area contributed by atoms with E-state index in [9.17, 15) is 4.79 Å². The summed E-state index contributed by atoms with van der Waals surface area (Å²) in [5.41, 5.74) is 3.98. The first-order valence-corrected chi connectivity index (χ1v) is 13.2. The van der Waals surface area contributed by atoms with Crippen molar-refractivity contribution in [1.29, 1.82) is 0 Å². The molecule has 0 radical (unpaired) electrons. The largest absolute Gasteiger partial charge is 0.488 e. The Labute approximate surface area is 209 Å². The number of hydrogen-bond acceptors (Lipinski definition) is 5. The first-order valence-electron chi connectivity index (χ1n) is 13.2. The van der Waals surface area contributed by atoms with Crippen molar-refractivity contribution in [2.75, 3.05) is 36.4 Å². The van der Waals surface area contributed by atoms with Crippen LogP contribution in [0.25, 0.3) is 0 Å². The van der Waals surface area contributed by atoms with Gasteiger partial charge in [0.1, 0.15) is 17.1 Å². The number of aryl methyl sites for hydroxylation is 2. The SMILES string of the molecule is Cc1cc(N2CCC(CN3CCCC3C)C2)ccc1NC(=O)Oc1ccc2c(c1)CCC(C)(C)O2. The van der Waals surface area contributed by atoms with E-state index in [2.05, 4.69) is 48.0 Å². The molecule has 188 valence electrons. The Morgan fingerprint density at radius 2 is 2.03 bits per heavy atom. The molecule has 2 unspecified atom stereocenters. The molecule has 0 spiro atoms. The molecule has 3 heterocycles. The Balaban J connectivity index is 1.16. The first kappa shape index (κ1) is 24.0. The molecular weight excluding hydrogens is 438 g/mol. The molecule has 1 N–H and O–H groups in total. The monoisotopic (exact) mass is 477 g/mol. The van der Waals surface area contributed by atoms with Crippen LogP contribution < -0.4 is 19.7 Å². The number of carbonyl (C=O) groups excluding carboxylic acids is 1. The second kappa shape index (κ2) is 9.73. The highest BCUT2D eigenvalue weighted by Crippen LogP contribution is 2.35. The van der Waals surface area contributed by atoms with Gasteiger partial charge in [-0.3, -0.25) is 5.32 Å². The zero-order valence-corrected chi connectivity index (χ0v) is 21.6. The van der Waals surface area contributed by atoms with Gasteiger partial charge in [0.15, 0.2) is 0 Å². The predicted octanol–water partition coefficient (Wildman–Crippen LogP) is 6.02. The number of carbonyl (C=O) groups is 1. The standard InChI is InChI=1S/C29H39N3O3/c1-20-16-24(32-15-12-22(19-32)18-31-14-5-6-21(31)2)7-9-26(20)30-28(33)34-25-8-10-27-23(17-25)11-13-29(3,4)35-27/h7-10,16-17,21-22H,5-6,11-15,18-19H2,1-4H3,(H,30,33). The lowest BCUT2D eigenvalue weighted by molar-refractivity contribution is 0.0845. The molecule has 6 nitrogen and oxygen atoms in total. The summed E-state index contributed by atoms with van der Waals surface area (Å²) < 4.78 is 11.6. The molecule has 2 saturated heterocycles. The van der Waals surface area contributed by atoms with E-state index in [-0.39, 0.29) is 5.60 Å². The molecule has 2 atom stereocenters. The zero-order chi connectivity index (χ0) is 24.6. The molecule has 3 aliphatic rings. The van der Waals surface area contributed by atoms with Gasteiger partial charge in [-0.25, -0.2) is 4.79 Å². The van der Waals surface area contributed by atoms with Gasteiger partial charge in [0.25, 0.3) is 0 Å². The highest BCUT2D eigenvalue weighted by atomic mass is 16.6. The Morgan fingerprint density at radius 3 is 2.80 bits per heavy atom. The molecular formula is C29H39N3O3. The van der Waals surface area contributed by atoms with E-state index in [0.29, 0.717) is 5.75 Å². The lowest BCUT2D eigenvalue weighted by atomic mass is 9.94. The van der Waals surface area contributed by atoms with Crippen LogP contribution in [-0.4, -0.2) is 48.8 Å². The molecule has 0 aliphatic carbocycles. The molecule has 0 saturated carbocycles. The van der Waals surface area contributed by atoms with Crippen LogP contribution in [0.1, 0.15) is 57.6 Å². The first-order chi connectivity index (χ1) is 16.8. The van der Waals surface area contributed by atoms with Gasteiger partial charge in [-0.05, 0) is 120 Å². The summed E-state index contributed by atoms with van der Waals surface area (Å²) in [6.07, 6.45) is 5.31. The van der Waals surface area contributed by atoms with Gasteiger partial charge in [-0.15, -0.1) is 0 Å². The van der Waals surface area contributed by atoms with Crippen LogP contribution in [0.3, 0.4) is 0 Å². The van der Waals surface area contributed by atoms with E-state index < -0.39 is 6.09 Å². The fourth-order valence-corrected chi connectivity index (χ4v) is 5.74. The average Bonchev–Trinajstić information content (AvgIpc) is 3.44. The minimum absolute atomic E-state index is 0.154. The lowest BCUT2D eigenvalue weighted by Gasteiger charge is -2.32. The predicted molar refractivity (Wildman–Crippen MR) is 141 cm³/mol. The summed E-state index contributed by atoms with van der Waals surface area (Å²) in [6.45, 7) is 13.3. The van der Waals surface area contributed by atoms with Crippen LogP contribution in [0.2, 0.25) is 0 Å². The second-order valence-corrected chi connectivity index (χ2v) is 11.2. The normalized spacial score (nSPS) is 23.6. The van der Waals surface area contributed by atoms with Gasteiger partial charge in [-0.2, -0.15) is 0 Å². The van der Waals surface area contributed by atoms with E-state index in [0.717, 1.165) is 60.5 Å². The molecule has 0 bridgehead atoms. The number of amides is 1. The van der Waals surface area contributed by atoms with Crippen LogP contribution in [0.15, 0.2) is 36.4 Å². The third kappa shape index (κ3) is 5.58. The van der Waals surface area contributed by atoms with Gasteiger partial charge in [0.2, 0.25) is 0 Å². The van der Waals surface area contributed by atoms with E-state index >= 15 is 0 Å². The van der Waals surface area contributed by atoms with Gasteiger partial charge in [-0.1, -0.05) is 0 Å². The fraction of sp³-hybridized carbons (Fsp3) is 0.552. The smallest absolute Gasteiger partial charge is 0.417 e. The molecule has 5 rings (SSSR count). The van der Waals surface area contributed by atoms with Crippen LogP contribution in [0.5, 0.6) is 11.5 Å². The minimum Gasteiger partial charge on any atom is -0.488 e. The highest BCUT2D eigenvalue weighted by molar-refractivity contribution is 5.87. The number of fused-ring (bicyclic) bond motifs is 1. The molecule has 35 heavy (non-hydrogen) atoms. The number of benzene rings is 2. The Hall–Kier alpha value is -2.73. The minimum atomic E-state index is -0.473. The molecule has 0 aromatic heterocycles. The summed E-state index contributed by atoms with van der Waals surface area (Å²) in [5, 5.41) is 2.91. The van der Waals surface area contributed by atoms with E-state index in [1.807, 2.05) is 25.1 Å². The topological polar surface area (TPSA) is 54.0 Å². The van der Waals surface area contributed by atoms with E-state index in [1.54, 1.807) is 6.07 Å². The summed E-state index contributed by atoms with van der Waals surface area (Å²) in [5.74, 6) is 2.14. The van der Waals surface area contributed by atoms with Gasteiger partial charge in [0.05, 0.1) is 0 Å². The average molecular weight is 478 g/mol. The molecule has 2 fully saturated rings. The molecule has 1 amide bonds.